The van der Waals surface area contributed by atoms with E-state index in [4.69, 9.17) is 20.6 Å². The number of carboxylic acid groups (broad SMARTS) is 1. The fraction of sp³-hybridized carbons (Fsp3) is 0.105. The van der Waals surface area contributed by atoms with E-state index in [2.05, 4.69) is 5.09 Å². The van der Waals surface area contributed by atoms with Crippen molar-refractivity contribution in [2.75, 3.05) is 0 Å². The van der Waals surface area contributed by atoms with Crippen LogP contribution in [0.5, 0.6) is 11.5 Å². The molecular weight excluding hydrogens is 435 g/mol. The van der Waals surface area contributed by atoms with Crippen LogP contribution in [0.15, 0.2) is 60.7 Å². The third kappa shape index (κ3) is 4.88. The first-order valence-corrected chi connectivity index (χ1v) is 10.5. The minimum atomic E-state index is -4.28. The Morgan fingerprint density at radius 2 is 1.73 bits per heavy atom. The molecule has 9 nitrogen and oxygen atoms in total. The molecule has 0 aliphatic heterocycles. The summed E-state index contributed by atoms with van der Waals surface area (Å²) in [6.45, 7) is 1.28. The van der Waals surface area contributed by atoms with Gasteiger partial charge in [-0.05, 0) is 31.2 Å². The van der Waals surface area contributed by atoms with Gasteiger partial charge in [-0.2, -0.15) is 5.09 Å². The molecule has 0 saturated carbocycles. The number of rotatable bonds is 8. The molecule has 0 fully saturated rings. The van der Waals surface area contributed by atoms with Crippen molar-refractivity contribution in [1.82, 2.24) is 5.09 Å². The van der Waals surface area contributed by atoms with Gasteiger partial charge in [0.05, 0.1) is 4.92 Å². The molecule has 3 aromatic carbocycles. The molecule has 3 rings (SSSR count). The zero-order valence-electron chi connectivity index (χ0n) is 15.5. The molecule has 0 radical (unpaired) electrons. The first-order chi connectivity index (χ1) is 14.2. The maximum absolute atomic E-state index is 13.4. The summed E-state index contributed by atoms with van der Waals surface area (Å²) in [7, 11) is -4.28. The number of fused-ring (bicyclic) bond motifs is 1. The Balaban J connectivity index is 1.98. The second kappa shape index (κ2) is 8.71. The van der Waals surface area contributed by atoms with Crippen molar-refractivity contribution in [2.45, 2.75) is 13.0 Å². The predicted molar refractivity (Wildman–Crippen MR) is 111 cm³/mol. The van der Waals surface area contributed by atoms with E-state index in [1.807, 2.05) is 0 Å². The molecule has 0 heterocycles. The first-order valence-electron chi connectivity index (χ1n) is 8.60. The largest absolute Gasteiger partial charge is 0.513 e. The highest BCUT2D eigenvalue weighted by atomic mass is 35.5. The predicted octanol–water partition coefficient (Wildman–Crippen LogP) is 5.03. The summed E-state index contributed by atoms with van der Waals surface area (Å²) in [5.41, 5.74) is -0.186. The van der Waals surface area contributed by atoms with Gasteiger partial charge in [0.1, 0.15) is 17.5 Å². The van der Waals surface area contributed by atoms with Crippen LogP contribution in [0.3, 0.4) is 0 Å². The Morgan fingerprint density at radius 1 is 1.10 bits per heavy atom. The zero-order valence-corrected chi connectivity index (χ0v) is 17.2. The van der Waals surface area contributed by atoms with Crippen LogP contribution in [0.1, 0.15) is 6.92 Å². The van der Waals surface area contributed by atoms with Crippen LogP contribution < -0.4 is 14.1 Å². The maximum atomic E-state index is 13.4. The maximum Gasteiger partial charge on any atom is 0.513 e. The lowest BCUT2D eigenvalue weighted by molar-refractivity contribution is -0.384. The van der Waals surface area contributed by atoms with Gasteiger partial charge in [-0.15, -0.1) is 0 Å². The number of hydrogen-bond donors (Lipinski definition) is 2. The average molecular weight is 451 g/mol. The Bertz CT molecular complexity index is 1150. The molecule has 0 spiro atoms. The number of nitro benzene ring substituents is 1. The summed E-state index contributed by atoms with van der Waals surface area (Å²) in [6.07, 6.45) is 0. The van der Waals surface area contributed by atoms with Gasteiger partial charge in [-0.3, -0.25) is 14.9 Å². The van der Waals surface area contributed by atoms with Gasteiger partial charge >= 0.3 is 13.7 Å². The Labute approximate surface area is 175 Å². The molecule has 0 amide bonds. The highest BCUT2D eigenvalue weighted by Crippen LogP contribution is 2.47. The van der Waals surface area contributed by atoms with Gasteiger partial charge in [0.25, 0.3) is 5.69 Å². The lowest BCUT2D eigenvalue weighted by Gasteiger charge is -2.23. The normalized spacial score (nSPS) is 13.9. The van der Waals surface area contributed by atoms with Gasteiger partial charge in [0, 0.05) is 27.9 Å². The summed E-state index contributed by atoms with van der Waals surface area (Å²) < 4.78 is 24.5. The van der Waals surface area contributed by atoms with E-state index in [-0.39, 0.29) is 17.2 Å². The van der Waals surface area contributed by atoms with Gasteiger partial charge in [-0.25, -0.2) is 4.57 Å². The van der Waals surface area contributed by atoms with E-state index in [9.17, 15) is 24.6 Å². The number of nitro groups is 1. The molecule has 0 aromatic heterocycles. The number of non-ortho nitro benzene ring substituents is 1. The van der Waals surface area contributed by atoms with Crippen molar-refractivity contribution in [1.29, 1.82) is 0 Å². The van der Waals surface area contributed by atoms with E-state index < -0.39 is 24.7 Å². The number of aliphatic carboxylic acids is 1. The zero-order chi connectivity index (χ0) is 21.9. The Morgan fingerprint density at radius 3 is 2.33 bits per heavy atom. The van der Waals surface area contributed by atoms with E-state index >= 15 is 0 Å². The molecule has 11 heteroatoms. The number of nitrogens with zero attached hydrogens (tertiary/aromatic N) is 1. The molecule has 0 aliphatic rings. The molecule has 0 bridgehead atoms. The van der Waals surface area contributed by atoms with Crippen LogP contribution in [-0.4, -0.2) is 22.0 Å². The van der Waals surface area contributed by atoms with E-state index in [1.54, 1.807) is 30.3 Å². The minimum absolute atomic E-state index is 0.00714. The van der Waals surface area contributed by atoms with Crippen molar-refractivity contribution in [2.24, 2.45) is 0 Å². The van der Waals surface area contributed by atoms with Crippen molar-refractivity contribution in [3.8, 4) is 11.5 Å². The second-order valence-corrected chi connectivity index (χ2v) is 8.24. The number of hydrogen-bond acceptors (Lipinski definition) is 6. The Hall–Kier alpha value is -3.13. The van der Waals surface area contributed by atoms with E-state index in [0.717, 1.165) is 12.1 Å². The first kappa shape index (κ1) is 21.6. The van der Waals surface area contributed by atoms with Crippen LogP contribution in [0.25, 0.3) is 10.8 Å². The fourth-order valence-electron chi connectivity index (χ4n) is 2.57. The minimum Gasteiger partial charge on any atom is -0.480 e. The Kier molecular flexibility index (Phi) is 6.26. The van der Waals surface area contributed by atoms with Gasteiger partial charge in [0.15, 0.2) is 0 Å². The van der Waals surface area contributed by atoms with Crippen LogP contribution >= 0.6 is 19.3 Å². The smallest absolute Gasteiger partial charge is 0.480 e. The number of carboxylic acids is 1. The van der Waals surface area contributed by atoms with Gasteiger partial charge < -0.3 is 14.2 Å². The lowest BCUT2D eigenvalue weighted by Crippen LogP contribution is -2.34. The molecule has 2 N–H and O–H groups in total. The van der Waals surface area contributed by atoms with Crippen molar-refractivity contribution in [3.05, 3.63) is 75.8 Å². The van der Waals surface area contributed by atoms with Crippen LogP contribution in [0.2, 0.25) is 5.02 Å². The molecule has 1 unspecified atom stereocenters. The summed E-state index contributed by atoms with van der Waals surface area (Å²) in [5, 5.41) is 24.0. The van der Waals surface area contributed by atoms with Crippen molar-refractivity contribution in [3.63, 3.8) is 0 Å². The highest BCUT2D eigenvalue weighted by molar-refractivity contribution is 7.52. The highest BCUT2D eigenvalue weighted by Gasteiger charge is 2.34. The molecule has 0 saturated heterocycles. The number of carbonyl (C=O) groups is 1. The van der Waals surface area contributed by atoms with Crippen molar-refractivity contribution >= 4 is 41.8 Å². The van der Waals surface area contributed by atoms with E-state index in [0.29, 0.717) is 15.8 Å². The summed E-state index contributed by atoms with van der Waals surface area (Å²) in [5.74, 6) is -1.12. The van der Waals surface area contributed by atoms with Gasteiger partial charge in [0.2, 0.25) is 0 Å². The molecule has 2 atom stereocenters. The van der Waals surface area contributed by atoms with Crippen LogP contribution in [-0.2, 0) is 9.36 Å². The second-order valence-electron chi connectivity index (χ2n) is 6.21. The summed E-state index contributed by atoms with van der Waals surface area (Å²) in [4.78, 5) is 21.5. The monoisotopic (exact) mass is 450 g/mol. The molecular formula is C19H16ClN2O7P. The molecule has 30 heavy (non-hydrogen) atoms. The van der Waals surface area contributed by atoms with Crippen LogP contribution in [0.4, 0.5) is 5.69 Å². The standard InChI is InChI=1S/C19H16ClN2O7P/c1-12(19(23)24)21-30(27,28-14-8-6-13(7-9-14)22(25)26)29-18-11-10-17(20)15-4-2-3-5-16(15)18/h2-12H,1H3,(H,21,27)(H,23,24)/t12-,30?/m0/s1. The third-order valence-corrected chi connectivity index (χ3v) is 5.97. The average Bonchev–Trinajstić information content (AvgIpc) is 2.70. The number of benzene rings is 3. The van der Waals surface area contributed by atoms with Crippen molar-refractivity contribution < 1.29 is 28.4 Å². The SMILES string of the molecule is C[C@H](NP(=O)(Oc1ccc([N+](=O)[O-])cc1)Oc1ccc(Cl)c2ccccc12)C(=O)O. The topological polar surface area (TPSA) is 128 Å². The molecule has 0 aliphatic carbocycles. The van der Waals surface area contributed by atoms with Gasteiger partial charge in [-0.1, -0.05) is 35.9 Å². The molecule has 156 valence electrons. The van der Waals surface area contributed by atoms with E-state index in [1.165, 1.54) is 25.1 Å². The van der Waals surface area contributed by atoms with Crippen LogP contribution in [0, 0.1) is 10.1 Å². The third-order valence-electron chi connectivity index (χ3n) is 4.04. The fourth-order valence-corrected chi connectivity index (χ4v) is 4.35. The summed E-state index contributed by atoms with van der Waals surface area (Å²) >= 11 is 6.19. The lowest BCUT2D eigenvalue weighted by atomic mass is 10.1. The number of nitrogens with one attached hydrogen (secondary N) is 1. The quantitative estimate of drug-likeness (QED) is 0.278. The number of halogens is 1. The molecule has 3 aromatic rings. The summed E-state index contributed by atoms with van der Waals surface area (Å²) in [6, 6.07) is 13.5.